The fourth-order valence-corrected chi connectivity index (χ4v) is 3.97. The highest BCUT2D eigenvalue weighted by atomic mass is 32.2. The molecule has 3 rings (SSSR count). The highest BCUT2D eigenvalue weighted by Crippen LogP contribution is 2.27. The average molecular weight is 361 g/mol. The number of thioether (sulfide) groups is 1. The maximum atomic E-state index is 10.1. The number of hydrogen-bond acceptors (Lipinski definition) is 7. The normalized spacial score (nSPS) is 12.2. The van der Waals surface area contributed by atoms with Gasteiger partial charge in [-0.25, -0.2) is 0 Å². The van der Waals surface area contributed by atoms with E-state index in [2.05, 4.69) is 15.5 Å². The minimum Gasteiger partial charge on any atom is -0.490 e. The van der Waals surface area contributed by atoms with Gasteiger partial charge in [0.05, 0.1) is 6.10 Å². The monoisotopic (exact) mass is 361 g/mol. The summed E-state index contributed by atoms with van der Waals surface area (Å²) >= 11 is 2.98. The topological polar surface area (TPSA) is 67.3 Å². The van der Waals surface area contributed by atoms with Crippen molar-refractivity contribution in [3.8, 4) is 5.75 Å². The Balaban J connectivity index is 1.52. The molecule has 3 aromatic rings. The van der Waals surface area contributed by atoms with Crippen molar-refractivity contribution in [1.82, 2.24) is 10.2 Å². The SMILES string of the molecule is CCNc1nnc(SCC(O)COc2cccc3ccccc23)s1. The van der Waals surface area contributed by atoms with Crippen molar-refractivity contribution in [2.75, 3.05) is 24.2 Å². The molecule has 0 aliphatic rings. The fraction of sp³-hybridized carbons (Fsp3) is 0.294. The van der Waals surface area contributed by atoms with Crippen molar-refractivity contribution in [2.45, 2.75) is 17.4 Å². The summed E-state index contributed by atoms with van der Waals surface area (Å²) in [6, 6.07) is 14.0. The fourth-order valence-electron chi connectivity index (χ4n) is 2.21. The number of hydrogen-bond donors (Lipinski definition) is 2. The Morgan fingerprint density at radius 2 is 2.04 bits per heavy atom. The molecule has 2 N–H and O–H groups in total. The van der Waals surface area contributed by atoms with Crippen LogP contribution in [0.25, 0.3) is 10.8 Å². The molecule has 5 nitrogen and oxygen atoms in total. The molecule has 0 aliphatic carbocycles. The Hall–Kier alpha value is -1.83. The van der Waals surface area contributed by atoms with Crippen LogP contribution in [0.5, 0.6) is 5.75 Å². The molecule has 0 fully saturated rings. The molecule has 0 radical (unpaired) electrons. The lowest BCUT2D eigenvalue weighted by atomic mass is 10.1. The first-order valence-corrected chi connectivity index (χ1v) is 9.55. The Morgan fingerprint density at radius 3 is 2.92 bits per heavy atom. The molecule has 1 unspecified atom stereocenters. The number of benzene rings is 2. The Bertz CT molecular complexity index is 789. The second kappa shape index (κ2) is 8.32. The Labute approximate surface area is 149 Å². The van der Waals surface area contributed by atoms with Crippen molar-refractivity contribution in [2.24, 2.45) is 0 Å². The summed E-state index contributed by atoms with van der Waals surface area (Å²) < 4.78 is 6.65. The second-order valence-electron chi connectivity index (χ2n) is 5.16. The third-order valence-electron chi connectivity index (χ3n) is 3.31. The molecule has 1 aromatic heterocycles. The number of anilines is 1. The molecular weight excluding hydrogens is 342 g/mol. The van der Waals surface area contributed by atoms with Crippen LogP contribution in [-0.2, 0) is 0 Å². The molecule has 0 amide bonds. The largest absolute Gasteiger partial charge is 0.490 e. The maximum absolute atomic E-state index is 10.1. The predicted octanol–water partition coefficient (Wildman–Crippen LogP) is 3.66. The molecule has 0 saturated carbocycles. The highest BCUT2D eigenvalue weighted by Gasteiger charge is 2.11. The quantitative estimate of drug-likeness (QED) is 0.597. The van der Waals surface area contributed by atoms with Crippen LogP contribution in [0.4, 0.5) is 5.13 Å². The minimum atomic E-state index is -0.569. The zero-order chi connectivity index (χ0) is 16.8. The van der Waals surface area contributed by atoms with Crippen LogP contribution in [-0.4, -0.2) is 40.3 Å². The van der Waals surface area contributed by atoms with E-state index in [9.17, 15) is 5.11 Å². The van der Waals surface area contributed by atoms with Crippen LogP contribution in [0, 0.1) is 0 Å². The van der Waals surface area contributed by atoms with E-state index < -0.39 is 6.10 Å². The molecule has 0 saturated heterocycles. The molecular formula is C17H19N3O2S2. The molecule has 2 aromatic carbocycles. The van der Waals surface area contributed by atoms with E-state index in [1.807, 2.05) is 49.4 Å². The maximum Gasteiger partial charge on any atom is 0.206 e. The molecule has 126 valence electrons. The Kier molecular flexibility index (Phi) is 5.90. The van der Waals surface area contributed by atoms with Gasteiger partial charge in [0, 0.05) is 17.7 Å². The van der Waals surface area contributed by atoms with Gasteiger partial charge in [-0.1, -0.05) is 59.5 Å². The molecule has 1 atom stereocenters. The van der Waals surface area contributed by atoms with E-state index in [1.54, 1.807) is 0 Å². The van der Waals surface area contributed by atoms with Gasteiger partial charge < -0.3 is 15.2 Å². The van der Waals surface area contributed by atoms with Crippen LogP contribution in [0.3, 0.4) is 0 Å². The number of ether oxygens (including phenoxy) is 1. The van der Waals surface area contributed by atoms with Gasteiger partial charge in [-0.15, -0.1) is 10.2 Å². The average Bonchev–Trinajstić information content (AvgIpc) is 3.06. The number of fused-ring (bicyclic) bond motifs is 1. The van der Waals surface area contributed by atoms with Gasteiger partial charge in [0.1, 0.15) is 12.4 Å². The van der Waals surface area contributed by atoms with E-state index in [0.29, 0.717) is 5.75 Å². The lowest BCUT2D eigenvalue weighted by Crippen LogP contribution is -2.20. The molecule has 0 bridgehead atoms. The van der Waals surface area contributed by atoms with Gasteiger partial charge in [0.2, 0.25) is 5.13 Å². The smallest absolute Gasteiger partial charge is 0.206 e. The third-order valence-corrected chi connectivity index (χ3v) is 5.47. The van der Waals surface area contributed by atoms with E-state index in [0.717, 1.165) is 32.5 Å². The molecule has 24 heavy (non-hydrogen) atoms. The summed E-state index contributed by atoms with van der Waals surface area (Å²) in [7, 11) is 0. The lowest BCUT2D eigenvalue weighted by Gasteiger charge is -2.13. The van der Waals surface area contributed by atoms with Gasteiger partial charge in [-0.05, 0) is 18.4 Å². The molecule has 0 aliphatic heterocycles. The summed E-state index contributed by atoms with van der Waals surface area (Å²) in [6.45, 7) is 3.09. The zero-order valence-corrected chi connectivity index (χ0v) is 14.9. The molecule has 0 spiro atoms. The van der Waals surface area contributed by atoms with Crippen LogP contribution in [0.2, 0.25) is 0 Å². The number of nitrogens with one attached hydrogen (secondary N) is 1. The number of rotatable bonds is 8. The van der Waals surface area contributed by atoms with Gasteiger partial charge in [0.15, 0.2) is 4.34 Å². The van der Waals surface area contributed by atoms with E-state index >= 15 is 0 Å². The first kappa shape index (κ1) is 17.0. The van der Waals surface area contributed by atoms with Crippen molar-refractivity contribution in [3.63, 3.8) is 0 Å². The van der Waals surface area contributed by atoms with Crippen LogP contribution in [0.1, 0.15) is 6.92 Å². The summed E-state index contributed by atoms with van der Waals surface area (Å²) in [6.07, 6.45) is -0.569. The standard InChI is InChI=1S/C17H19N3O2S2/c1-2-18-16-19-20-17(24-16)23-11-13(21)10-22-15-9-5-7-12-6-3-4-8-14(12)15/h3-9,13,21H,2,10-11H2,1H3,(H,18,19). The number of aromatic nitrogens is 2. The van der Waals surface area contributed by atoms with Crippen molar-refractivity contribution < 1.29 is 9.84 Å². The third kappa shape index (κ3) is 4.37. The number of nitrogens with zero attached hydrogens (tertiary/aromatic N) is 2. The first-order valence-electron chi connectivity index (χ1n) is 7.75. The van der Waals surface area contributed by atoms with Crippen LogP contribution < -0.4 is 10.1 Å². The number of aliphatic hydroxyl groups is 1. The van der Waals surface area contributed by atoms with Crippen molar-refractivity contribution in [3.05, 3.63) is 42.5 Å². The summed E-state index contributed by atoms with van der Waals surface area (Å²) in [5.74, 6) is 1.31. The van der Waals surface area contributed by atoms with Crippen LogP contribution in [0.15, 0.2) is 46.8 Å². The molecule has 1 heterocycles. The van der Waals surface area contributed by atoms with Crippen LogP contribution >= 0.6 is 23.1 Å². The predicted molar refractivity (Wildman–Crippen MR) is 100 cm³/mol. The van der Waals surface area contributed by atoms with E-state index in [-0.39, 0.29) is 6.61 Å². The van der Waals surface area contributed by atoms with Crippen molar-refractivity contribution in [1.29, 1.82) is 0 Å². The van der Waals surface area contributed by atoms with E-state index in [1.165, 1.54) is 23.1 Å². The second-order valence-corrected chi connectivity index (χ2v) is 7.40. The first-order chi connectivity index (χ1) is 11.8. The lowest BCUT2D eigenvalue weighted by molar-refractivity contribution is 0.127. The van der Waals surface area contributed by atoms with Gasteiger partial charge >= 0.3 is 0 Å². The van der Waals surface area contributed by atoms with Gasteiger partial charge in [-0.3, -0.25) is 0 Å². The van der Waals surface area contributed by atoms with Crippen molar-refractivity contribution >= 4 is 39.0 Å². The summed E-state index contributed by atoms with van der Waals surface area (Å²) in [5.41, 5.74) is 0. The number of aliphatic hydroxyl groups excluding tert-OH is 1. The van der Waals surface area contributed by atoms with Gasteiger partial charge in [-0.2, -0.15) is 0 Å². The highest BCUT2D eigenvalue weighted by molar-refractivity contribution is 8.01. The summed E-state index contributed by atoms with van der Waals surface area (Å²) in [5, 5.41) is 24.4. The Morgan fingerprint density at radius 1 is 1.21 bits per heavy atom. The van der Waals surface area contributed by atoms with Gasteiger partial charge in [0.25, 0.3) is 0 Å². The van der Waals surface area contributed by atoms with E-state index in [4.69, 9.17) is 4.74 Å². The zero-order valence-electron chi connectivity index (χ0n) is 13.3. The minimum absolute atomic E-state index is 0.250. The molecule has 7 heteroatoms. The summed E-state index contributed by atoms with van der Waals surface area (Å²) in [4.78, 5) is 0.